The van der Waals surface area contributed by atoms with Gasteiger partial charge in [-0.25, -0.2) is 4.68 Å². The maximum atomic E-state index is 13.0. The third-order valence-corrected chi connectivity index (χ3v) is 7.19. The van der Waals surface area contributed by atoms with E-state index in [4.69, 9.17) is 9.47 Å². The predicted octanol–water partition coefficient (Wildman–Crippen LogP) is 3.95. The van der Waals surface area contributed by atoms with E-state index in [0.29, 0.717) is 18.2 Å². The van der Waals surface area contributed by atoms with Crippen LogP contribution in [0.1, 0.15) is 32.2 Å². The van der Waals surface area contributed by atoms with E-state index in [2.05, 4.69) is 20.1 Å². The molecule has 0 saturated carbocycles. The van der Waals surface area contributed by atoms with Gasteiger partial charge in [0.05, 0.1) is 12.3 Å². The van der Waals surface area contributed by atoms with Crippen molar-refractivity contribution in [2.45, 2.75) is 32.1 Å². The Morgan fingerprint density at radius 2 is 2.03 bits per heavy atom. The van der Waals surface area contributed by atoms with Crippen LogP contribution in [-0.2, 0) is 13.1 Å². The first-order valence-corrected chi connectivity index (χ1v) is 11.9. The van der Waals surface area contributed by atoms with Crippen LogP contribution >= 0.6 is 23.1 Å². The lowest BCUT2D eigenvalue weighted by Crippen LogP contribution is -2.09. The molecule has 5 rings (SSSR count). The van der Waals surface area contributed by atoms with Gasteiger partial charge in [0.25, 0.3) is 0 Å². The van der Waals surface area contributed by atoms with Crippen LogP contribution in [0.4, 0.5) is 0 Å². The Balaban J connectivity index is 1.28. The maximum absolute atomic E-state index is 13.0. The first-order valence-electron chi connectivity index (χ1n) is 10.1. The highest BCUT2D eigenvalue weighted by Gasteiger charge is 2.19. The van der Waals surface area contributed by atoms with Crippen molar-refractivity contribution in [3.8, 4) is 11.5 Å². The van der Waals surface area contributed by atoms with E-state index in [1.165, 1.54) is 11.8 Å². The van der Waals surface area contributed by atoms with E-state index >= 15 is 0 Å². The number of benzene rings is 1. The number of tetrazole rings is 1. The molecule has 0 amide bonds. The fraction of sp³-hybridized carbons (Fsp3) is 0.273. The summed E-state index contributed by atoms with van der Waals surface area (Å²) in [6.07, 6.45) is 0. The van der Waals surface area contributed by atoms with Gasteiger partial charge in [-0.1, -0.05) is 23.9 Å². The lowest BCUT2D eigenvalue weighted by Gasteiger charge is -2.10. The molecule has 1 aliphatic heterocycles. The Morgan fingerprint density at radius 3 is 2.88 bits per heavy atom. The van der Waals surface area contributed by atoms with Crippen molar-refractivity contribution in [3.63, 3.8) is 0 Å². The van der Waals surface area contributed by atoms with Crippen molar-refractivity contribution < 1.29 is 14.3 Å². The van der Waals surface area contributed by atoms with E-state index < -0.39 is 0 Å². The van der Waals surface area contributed by atoms with Crippen LogP contribution < -0.4 is 9.47 Å². The van der Waals surface area contributed by atoms with E-state index in [0.717, 1.165) is 38.9 Å². The minimum atomic E-state index is 0.0608. The number of nitrogens with zero attached hydrogens (tertiary/aromatic N) is 5. The standard InChI is InChI=1S/C22H21N5O3S2/c1-14-8-18(15(2)26(14)10-16-5-6-20-21(9-16)30-13-29-20)19(28)12-32-22-23-24-25-27(22)11-17-4-3-7-31-17/h3-9H,10-13H2,1-2H3. The first kappa shape index (κ1) is 20.8. The molecule has 0 N–H and O–H groups in total. The zero-order chi connectivity index (χ0) is 22.1. The average molecular weight is 468 g/mol. The second-order valence-electron chi connectivity index (χ2n) is 7.47. The van der Waals surface area contributed by atoms with Gasteiger partial charge in [-0.15, -0.1) is 16.4 Å². The smallest absolute Gasteiger partial charge is 0.231 e. The van der Waals surface area contributed by atoms with Crippen molar-refractivity contribution in [1.82, 2.24) is 24.8 Å². The van der Waals surface area contributed by atoms with Gasteiger partial charge in [0.1, 0.15) is 0 Å². The van der Waals surface area contributed by atoms with Crippen molar-refractivity contribution in [2.24, 2.45) is 0 Å². The summed E-state index contributed by atoms with van der Waals surface area (Å²) in [5.41, 5.74) is 3.81. The number of thiophene rings is 1. The molecular formula is C22H21N5O3S2. The number of Topliss-reactive ketones (excluding diaryl/α,β-unsaturated/α-hetero) is 1. The van der Waals surface area contributed by atoms with Gasteiger partial charge in [0, 0.05) is 28.4 Å². The molecule has 0 aliphatic carbocycles. The van der Waals surface area contributed by atoms with Gasteiger partial charge < -0.3 is 14.0 Å². The number of aryl methyl sites for hydroxylation is 1. The zero-order valence-electron chi connectivity index (χ0n) is 17.6. The number of aromatic nitrogens is 5. The minimum Gasteiger partial charge on any atom is -0.454 e. The Bertz CT molecular complexity index is 1260. The monoisotopic (exact) mass is 467 g/mol. The van der Waals surface area contributed by atoms with Crippen LogP contribution in [0.3, 0.4) is 0 Å². The average Bonchev–Trinajstić information content (AvgIpc) is 3.58. The molecular weight excluding hydrogens is 446 g/mol. The van der Waals surface area contributed by atoms with Crippen LogP contribution in [0.25, 0.3) is 0 Å². The molecule has 3 aromatic heterocycles. The second-order valence-corrected chi connectivity index (χ2v) is 9.44. The zero-order valence-corrected chi connectivity index (χ0v) is 19.3. The van der Waals surface area contributed by atoms with Crippen LogP contribution in [0.5, 0.6) is 11.5 Å². The van der Waals surface area contributed by atoms with Gasteiger partial charge in [0.2, 0.25) is 11.9 Å². The van der Waals surface area contributed by atoms with Crippen molar-refractivity contribution in [1.29, 1.82) is 0 Å². The largest absolute Gasteiger partial charge is 0.454 e. The van der Waals surface area contributed by atoms with Crippen molar-refractivity contribution >= 4 is 28.9 Å². The summed E-state index contributed by atoms with van der Waals surface area (Å²) >= 11 is 3.02. The fourth-order valence-corrected chi connectivity index (χ4v) is 5.15. The quantitative estimate of drug-likeness (QED) is 0.287. The SMILES string of the molecule is Cc1cc(C(=O)CSc2nnnn2Cc2cccs2)c(C)n1Cc1ccc2c(c1)OCO2. The summed E-state index contributed by atoms with van der Waals surface area (Å²) < 4.78 is 14.8. The number of rotatable bonds is 8. The molecule has 4 aromatic rings. The number of ether oxygens (including phenoxy) is 2. The molecule has 1 aromatic carbocycles. The summed E-state index contributed by atoms with van der Waals surface area (Å²) in [6, 6.07) is 11.9. The third kappa shape index (κ3) is 4.15. The fourth-order valence-electron chi connectivity index (χ4n) is 3.71. The van der Waals surface area contributed by atoms with Crippen molar-refractivity contribution in [2.75, 3.05) is 12.5 Å². The number of carbonyl (C=O) groups is 1. The van der Waals surface area contributed by atoms with Crippen molar-refractivity contribution in [3.05, 3.63) is 69.2 Å². The first-order chi connectivity index (χ1) is 15.6. The molecule has 32 heavy (non-hydrogen) atoms. The van der Waals surface area contributed by atoms with Crippen LogP contribution in [-0.4, -0.2) is 43.1 Å². The van der Waals surface area contributed by atoms with Gasteiger partial charge in [-0.3, -0.25) is 4.79 Å². The molecule has 4 heterocycles. The molecule has 8 nitrogen and oxygen atoms in total. The lowest BCUT2D eigenvalue weighted by molar-refractivity contribution is 0.102. The number of hydrogen-bond acceptors (Lipinski definition) is 8. The van der Waals surface area contributed by atoms with Gasteiger partial charge in [0.15, 0.2) is 17.3 Å². The summed E-state index contributed by atoms with van der Waals surface area (Å²) in [5, 5.41) is 14.6. The topological polar surface area (TPSA) is 84.1 Å². The van der Waals surface area contributed by atoms with Crippen LogP contribution in [0.2, 0.25) is 0 Å². The van der Waals surface area contributed by atoms with Crippen LogP contribution in [0, 0.1) is 13.8 Å². The number of fused-ring (bicyclic) bond motifs is 1. The predicted molar refractivity (Wildman–Crippen MR) is 122 cm³/mol. The molecule has 0 atom stereocenters. The molecule has 0 bridgehead atoms. The molecule has 10 heteroatoms. The second kappa shape index (κ2) is 8.79. The highest BCUT2D eigenvalue weighted by Crippen LogP contribution is 2.33. The van der Waals surface area contributed by atoms with E-state index in [9.17, 15) is 4.79 Å². The van der Waals surface area contributed by atoms with E-state index in [1.807, 2.05) is 55.6 Å². The summed E-state index contributed by atoms with van der Waals surface area (Å²) in [4.78, 5) is 14.2. The number of carbonyl (C=O) groups excluding carboxylic acids is 1. The number of ketones is 1. The van der Waals surface area contributed by atoms with Gasteiger partial charge in [-0.05, 0) is 59.5 Å². The van der Waals surface area contributed by atoms with E-state index in [1.54, 1.807) is 16.0 Å². The number of hydrogen-bond donors (Lipinski definition) is 0. The Labute approximate surface area is 193 Å². The Hall–Kier alpha value is -3.11. The van der Waals surface area contributed by atoms with Crippen LogP contribution in [0.15, 0.2) is 46.9 Å². The molecule has 0 radical (unpaired) electrons. The lowest BCUT2D eigenvalue weighted by atomic mass is 10.1. The molecule has 0 fully saturated rings. The molecule has 1 aliphatic rings. The molecule has 0 unspecified atom stereocenters. The molecule has 0 saturated heterocycles. The highest BCUT2D eigenvalue weighted by molar-refractivity contribution is 7.99. The molecule has 164 valence electrons. The summed E-state index contributed by atoms with van der Waals surface area (Å²) in [6.45, 7) is 5.52. The van der Waals surface area contributed by atoms with E-state index in [-0.39, 0.29) is 18.3 Å². The Kier molecular flexibility index (Phi) is 5.71. The maximum Gasteiger partial charge on any atom is 0.231 e. The minimum absolute atomic E-state index is 0.0608. The molecule has 0 spiro atoms. The highest BCUT2D eigenvalue weighted by atomic mass is 32.2. The Morgan fingerprint density at radius 1 is 1.16 bits per heavy atom. The number of thioether (sulfide) groups is 1. The summed E-state index contributed by atoms with van der Waals surface area (Å²) in [5.74, 6) is 1.87. The van der Waals surface area contributed by atoms with Gasteiger partial charge >= 0.3 is 0 Å². The summed E-state index contributed by atoms with van der Waals surface area (Å²) in [7, 11) is 0. The van der Waals surface area contributed by atoms with Gasteiger partial charge in [-0.2, -0.15) is 0 Å². The normalized spacial score (nSPS) is 12.4. The third-order valence-electron chi connectivity index (χ3n) is 5.37.